The van der Waals surface area contributed by atoms with Crippen LogP contribution in [-0.4, -0.2) is 34.1 Å². The molecule has 136 valence electrons. The minimum absolute atomic E-state index is 0.168. The van der Waals surface area contributed by atoms with Crippen molar-refractivity contribution >= 4 is 34.1 Å². The minimum Gasteiger partial charge on any atom is -0.321 e. The fourth-order valence-electron chi connectivity index (χ4n) is 3.03. The Labute approximate surface area is 158 Å². The number of benzene rings is 2. The van der Waals surface area contributed by atoms with E-state index in [1.807, 2.05) is 6.07 Å². The second kappa shape index (κ2) is 8.34. The number of amides is 1. The predicted molar refractivity (Wildman–Crippen MR) is 107 cm³/mol. The molecule has 6 heteroatoms. The maximum atomic E-state index is 12.5. The quantitative estimate of drug-likeness (QED) is 0.633. The van der Waals surface area contributed by atoms with E-state index in [9.17, 15) is 4.79 Å². The third kappa shape index (κ3) is 4.06. The van der Waals surface area contributed by atoms with Crippen LogP contribution < -0.4 is 5.32 Å². The van der Waals surface area contributed by atoms with Gasteiger partial charge in [0.25, 0.3) is 5.91 Å². The lowest BCUT2D eigenvalue weighted by Gasteiger charge is -2.20. The summed E-state index contributed by atoms with van der Waals surface area (Å²) in [5, 5.41) is 11.7. The van der Waals surface area contributed by atoms with E-state index >= 15 is 0 Å². The first-order valence-electron chi connectivity index (χ1n) is 8.86. The molecule has 1 amide bonds. The van der Waals surface area contributed by atoms with Gasteiger partial charge in [0.1, 0.15) is 0 Å². The number of hydrogen-bond acceptors (Lipinski definition) is 3. The molecule has 0 aliphatic carbocycles. The molecule has 0 saturated heterocycles. The van der Waals surface area contributed by atoms with E-state index in [-0.39, 0.29) is 5.91 Å². The average Bonchev–Trinajstić information content (AvgIpc) is 3.14. The number of fused-ring (bicyclic) bond motifs is 1. The summed E-state index contributed by atoms with van der Waals surface area (Å²) in [5.74, 6) is -0.168. The van der Waals surface area contributed by atoms with Crippen molar-refractivity contribution < 1.29 is 4.79 Å². The molecule has 2 aromatic carbocycles. The summed E-state index contributed by atoms with van der Waals surface area (Å²) in [6, 6.07) is 10.8. The monoisotopic (exact) mass is 370 g/mol. The molecule has 0 unspecified atom stereocenters. The lowest BCUT2D eigenvalue weighted by Crippen LogP contribution is -2.23. The van der Waals surface area contributed by atoms with Gasteiger partial charge in [0, 0.05) is 22.5 Å². The van der Waals surface area contributed by atoms with Crippen molar-refractivity contribution in [3.63, 3.8) is 0 Å². The summed E-state index contributed by atoms with van der Waals surface area (Å²) in [4.78, 5) is 14.9. The Hall–Kier alpha value is -2.37. The van der Waals surface area contributed by atoms with E-state index in [1.54, 1.807) is 30.5 Å². The SMILES string of the molecule is CCCN(CC)Cc1ccc(NC(=O)c2ccc(Cl)cc2)c2cn[nH]c12. The van der Waals surface area contributed by atoms with Crippen LogP contribution in [0.15, 0.2) is 42.6 Å². The molecule has 1 heterocycles. The summed E-state index contributed by atoms with van der Waals surface area (Å²) in [6.45, 7) is 7.26. The van der Waals surface area contributed by atoms with Crippen molar-refractivity contribution in [2.24, 2.45) is 0 Å². The largest absolute Gasteiger partial charge is 0.321 e. The molecule has 0 aliphatic heterocycles. The number of hydrogen-bond donors (Lipinski definition) is 2. The van der Waals surface area contributed by atoms with Crippen LogP contribution in [-0.2, 0) is 6.54 Å². The van der Waals surface area contributed by atoms with Crippen molar-refractivity contribution in [3.05, 3.63) is 58.7 Å². The van der Waals surface area contributed by atoms with Crippen LogP contribution in [0.2, 0.25) is 5.02 Å². The molecule has 3 aromatic rings. The molecule has 1 aromatic heterocycles. The number of anilines is 1. The van der Waals surface area contributed by atoms with E-state index in [1.165, 1.54) is 5.56 Å². The number of halogens is 1. The number of aromatic nitrogens is 2. The van der Waals surface area contributed by atoms with Crippen LogP contribution in [0.1, 0.15) is 36.2 Å². The summed E-state index contributed by atoms with van der Waals surface area (Å²) in [5.41, 5.74) is 3.46. The summed E-state index contributed by atoms with van der Waals surface area (Å²) >= 11 is 5.89. The van der Waals surface area contributed by atoms with Crippen molar-refractivity contribution in [2.75, 3.05) is 18.4 Å². The Morgan fingerprint density at radius 3 is 2.65 bits per heavy atom. The Morgan fingerprint density at radius 1 is 1.19 bits per heavy atom. The first-order chi connectivity index (χ1) is 12.6. The highest BCUT2D eigenvalue weighted by Crippen LogP contribution is 2.26. The van der Waals surface area contributed by atoms with Crippen molar-refractivity contribution in [1.82, 2.24) is 15.1 Å². The van der Waals surface area contributed by atoms with Gasteiger partial charge in [0.05, 0.1) is 17.4 Å². The van der Waals surface area contributed by atoms with Crippen LogP contribution in [0.25, 0.3) is 10.9 Å². The van der Waals surface area contributed by atoms with Crippen molar-refractivity contribution in [2.45, 2.75) is 26.8 Å². The Kier molecular flexibility index (Phi) is 5.91. The van der Waals surface area contributed by atoms with E-state index in [0.29, 0.717) is 10.6 Å². The van der Waals surface area contributed by atoms with Gasteiger partial charge in [0.2, 0.25) is 0 Å². The lowest BCUT2D eigenvalue weighted by atomic mass is 10.1. The maximum Gasteiger partial charge on any atom is 0.255 e. The number of nitrogens with one attached hydrogen (secondary N) is 2. The zero-order chi connectivity index (χ0) is 18.5. The van der Waals surface area contributed by atoms with Gasteiger partial charge in [-0.05, 0) is 55.4 Å². The first-order valence-corrected chi connectivity index (χ1v) is 9.24. The molecule has 0 atom stereocenters. The van der Waals surface area contributed by atoms with Gasteiger partial charge in [-0.3, -0.25) is 14.8 Å². The average molecular weight is 371 g/mol. The van der Waals surface area contributed by atoms with Crippen LogP contribution in [0, 0.1) is 0 Å². The zero-order valence-corrected chi connectivity index (χ0v) is 15.8. The third-order valence-electron chi connectivity index (χ3n) is 4.44. The van der Waals surface area contributed by atoms with Gasteiger partial charge in [-0.15, -0.1) is 0 Å². The van der Waals surface area contributed by atoms with Gasteiger partial charge >= 0.3 is 0 Å². The molecule has 0 spiro atoms. The summed E-state index contributed by atoms with van der Waals surface area (Å²) < 4.78 is 0. The number of rotatable bonds is 7. The fourth-order valence-corrected chi connectivity index (χ4v) is 3.16. The highest BCUT2D eigenvalue weighted by atomic mass is 35.5. The number of H-pyrrole nitrogens is 1. The highest BCUT2D eigenvalue weighted by molar-refractivity contribution is 6.30. The van der Waals surface area contributed by atoms with Crippen LogP contribution in [0.5, 0.6) is 0 Å². The van der Waals surface area contributed by atoms with E-state index in [4.69, 9.17) is 11.6 Å². The lowest BCUT2D eigenvalue weighted by molar-refractivity contribution is 0.102. The van der Waals surface area contributed by atoms with Gasteiger partial charge in [0.15, 0.2) is 0 Å². The molecule has 3 rings (SSSR count). The van der Waals surface area contributed by atoms with E-state index < -0.39 is 0 Å². The third-order valence-corrected chi connectivity index (χ3v) is 4.69. The minimum atomic E-state index is -0.168. The van der Waals surface area contributed by atoms with Crippen LogP contribution in [0.3, 0.4) is 0 Å². The molecular formula is C20H23ClN4O. The standard InChI is InChI=1S/C20H23ClN4O/c1-3-11-25(4-2)13-15-7-10-18(17-12-22-24-19(15)17)23-20(26)14-5-8-16(21)9-6-14/h5-10,12H,3-4,11,13H2,1-2H3,(H,22,24)(H,23,26). The van der Waals surface area contributed by atoms with Crippen LogP contribution in [0.4, 0.5) is 5.69 Å². The molecule has 26 heavy (non-hydrogen) atoms. The molecule has 0 radical (unpaired) electrons. The Balaban J connectivity index is 1.84. The van der Waals surface area contributed by atoms with Gasteiger partial charge in [-0.25, -0.2) is 0 Å². The normalized spacial score (nSPS) is 11.2. The number of aromatic amines is 1. The van der Waals surface area contributed by atoms with Crippen molar-refractivity contribution in [3.8, 4) is 0 Å². The number of nitrogens with zero attached hydrogens (tertiary/aromatic N) is 2. The summed E-state index contributed by atoms with van der Waals surface area (Å²) in [7, 11) is 0. The van der Waals surface area contributed by atoms with E-state index in [0.717, 1.165) is 42.6 Å². The molecular weight excluding hydrogens is 348 g/mol. The van der Waals surface area contributed by atoms with Gasteiger partial charge in [-0.1, -0.05) is 31.5 Å². The molecule has 0 saturated carbocycles. The van der Waals surface area contributed by atoms with Crippen LogP contribution >= 0.6 is 11.6 Å². The fraction of sp³-hybridized carbons (Fsp3) is 0.300. The highest BCUT2D eigenvalue weighted by Gasteiger charge is 2.13. The Morgan fingerprint density at radius 2 is 1.96 bits per heavy atom. The Bertz CT molecular complexity index is 888. The zero-order valence-electron chi connectivity index (χ0n) is 15.1. The van der Waals surface area contributed by atoms with Crippen molar-refractivity contribution in [1.29, 1.82) is 0 Å². The molecule has 0 aliphatic rings. The molecule has 0 fully saturated rings. The number of carbonyl (C=O) groups excluding carboxylic acids is 1. The second-order valence-corrected chi connectivity index (χ2v) is 6.70. The smallest absolute Gasteiger partial charge is 0.255 e. The predicted octanol–water partition coefficient (Wildman–Crippen LogP) is 4.70. The van der Waals surface area contributed by atoms with Gasteiger partial charge < -0.3 is 5.32 Å². The van der Waals surface area contributed by atoms with Gasteiger partial charge in [-0.2, -0.15) is 5.10 Å². The maximum absolute atomic E-state index is 12.5. The molecule has 2 N–H and O–H groups in total. The molecule has 0 bridgehead atoms. The topological polar surface area (TPSA) is 61.0 Å². The second-order valence-electron chi connectivity index (χ2n) is 6.26. The first kappa shape index (κ1) is 18.4. The van der Waals surface area contributed by atoms with E-state index in [2.05, 4.69) is 40.3 Å². The molecule has 5 nitrogen and oxygen atoms in total. The summed E-state index contributed by atoms with van der Waals surface area (Å²) in [6.07, 6.45) is 2.88. The number of carbonyl (C=O) groups is 1.